The van der Waals surface area contributed by atoms with Gasteiger partial charge in [0.1, 0.15) is 0 Å². The first-order valence-electron chi connectivity index (χ1n) is 5.93. The fourth-order valence-corrected chi connectivity index (χ4v) is 1.74. The zero-order valence-electron chi connectivity index (χ0n) is 10.4. The Morgan fingerprint density at radius 1 is 1.44 bits per heavy atom. The van der Waals surface area contributed by atoms with Crippen molar-refractivity contribution < 1.29 is 9.21 Å². The van der Waals surface area contributed by atoms with E-state index in [9.17, 15) is 9.59 Å². The number of hydrogen-bond acceptors (Lipinski definition) is 3. The van der Waals surface area contributed by atoms with Crippen molar-refractivity contribution in [3.8, 4) is 0 Å². The first-order chi connectivity index (χ1) is 8.54. The van der Waals surface area contributed by atoms with E-state index in [-0.39, 0.29) is 5.91 Å². The number of carbonyl (C=O) groups is 1. The predicted molar refractivity (Wildman–Crippen MR) is 68.1 cm³/mol. The first kappa shape index (κ1) is 12.4. The summed E-state index contributed by atoms with van der Waals surface area (Å²) in [4.78, 5) is 25.1. The molecule has 1 heterocycles. The molecule has 0 saturated heterocycles. The van der Waals surface area contributed by atoms with Crippen molar-refractivity contribution in [3.63, 3.8) is 0 Å². The van der Waals surface area contributed by atoms with Gasteiger partial charge in [-0.1, -0.05) is 19.9 Å². The van der Waals surface area contributed by atoms with E-state index in [4.69, 9.17) is 4.42 Å². The summed E-state index contributed by atoms with van der Waals surface area (Å²) in [5.74, 6) is -0.0956. The lowest BCUT2D eigenvalue weighted by Crippen LogP contribution is -2.23. The van der Waals surface area contributed by atoms with E-state index in [2.05, 4.69) is 10.3 Å². The quantitative estimate of drug-likeness (QED) is 0.866. The summed E-state index contributed by atoms with van der Waals surface area (Å²) in [6, 6.07) is 5.37. The second-order valence-electron chi connectivity index (χ2n) is 4.72. The summed E-state index contributed by atoms with van der Waals surface area (Å²) < 4.78 is 4.96. The Kier molecular flexibility index (Phi) is 3.50. The summed E-state index contributed by atoms with van der Waals surface area (Å²) in [5, 5.41) is 2.83. The second-order valence-corrected chi connectivity index (χ2v) is 4.72. The molecule has 18 heavy (non-hydrogen) atoms. The molecule has 0 aliphatic rings. The fraction of sp³-hybridized carbons (Fsp3) is 0.385. The van der Waals surface area contributed by atoms with Gasteiger partial charge in [-0.15, -0.1) is 0 Å². The number of H-pyrrole nitrogens is 1. The Hall–Kier alpha value is -2.04. The molecule has 1 aromatic heterocycles. The molecule has 2 rings (SSSR count). The smallest absolute Gasteiger partial charge is 0.408 e. The van der Waals surface area contributed by atoms with Crippen LogP contribution in [0.4, 0.5) is 0 Å². The van der Waals surface area contributed by atoms with E-state index in [1.54, 1.807) is 12.1 Å². The van der Waals surface area contributed by atoms with Crippen LogP contribution >= 0.6 is 0 Å². The van der Waals surface area contributed by atoms with Gasteiger partial charge in [0.15, 0.2) is 5.58 Å². The van der Waals surface area contributed by atoms with Crippen LogP contribution in [0.15, 0.2) is 27.4 Å². The van der Waals surface area contributed by atoms with Gasteiger partial charge in [-0.3, -0.25) is 9.78 Å². The maximum absolute atomic E-state index is 11.5. The Labute approximate surface area is 104 Å². The Bertz CT molecular complexity index is 610. The van der Waals surface area contributed by atoms with Crippen LogP contribution in [0.3, 0.4) is 0 Å². The van der Waals surface area contributed by atoms with E-state index >= 15 is 0 Å². The zero-order valence-corrected chi connectivity index (χ0v) is 10.4. The van der Waals surface area contributed by atoms with Gasteiger partial charge in [-0.25, -0.2) is 4.79 Å². The van der Waals surface area contributed by atoms with Crippen molar-refractivity contribution in [2.45, 2.75) is 26.8 Å². The molecule has 0 bridgehead atoms. The molecule has 96 valence electrons. The molecule has 0 aliphatic heterocycles. The molecule has 0 atom stereocenters. The maximum Gasteiger partial charge on any atom is 0.417 e. The lowest BCUT2D eigenvalue weighted by molar-refractivity contribution is -0.121. The molecular formula is C13H16N2O3. The van der Waals surface area contributed by atoms with E-state index in [0.29, 0.717) is 30.0 Å². The SMILES string of the molecule is CC(C)CC(=O)NCc1ccc2[nH]c(=O)oc2c1. The third-order valence-electron chi connectivity index (χ3n) is 2.57. The highest BCUT2D eigenvalue weighted by Gasteiger charge is 2.06. The van der Waals surface area contributed by atoms with Crippen LogP contribution < -0.4 is 11.1 Å². The molecule has 5 nitrogen and oxygen atoms in total. The van der Waals surface area contributed by atoms with Gasteiger partial charge in [-0.05, 0) is 23.6 Å². The molecular weight excluding hydrogens is 232 g/mol. The number of benzene rings is 1. The molecule has 2 aromatic rings. The summed E-state index contributed by atoms with van der Waals surface area (Å²) in [6.07, 6.45) is 0.515. The number of hydrogen-bond donors (Lipinski definition) is 2. The van der Waals surface area contributed by atoms with E-state index < -0.39 is 5.76 Å². The molecule has 0 fully saturated rings. The van der Waals surface area contributed by atoms with Crippen LogP contribution in [0.5, 0.6) is 0 Å². The number of oxazole rings is 1. The number of carbonyl (C=O) groups excluding carboxylic acids is 1. The number of fused-ring (bicyclic) bond motifs is 1. The van der Waals surface area contributed by atoms with Crippen LogP contribution in [-0.4, -0.2) is 10.9 Å². The van der Waals surface area contributed by atoms with Gasteiger partial charge >= 0.3 is 5.76 Å². The Balaban J connectivity index is 2.03. The summed E-state index contributed by atoms with van der Waals surface area (Å²) >= 11 is 0. The van der Waals surface area contributed by atoms with Gasteiger partial charge < -0.3 is 9.73 Å². The fourth-order valence-electron chi connectivity index (χ4n) is 1.74. The van der Waals surface area contributed by atoms with E-state index in [1.807, 2.05) is 19.9 Å². The van der Waals surface area contributed by atoms with Gasteiger partial charge in [0.25, 0.3) is 0 Å². The molecule has 0 radical (unpaired) electrons. The van der Waals surface area contributed by atoms with Gasteiger partial charge in [0.2, 0.25) is 5.91 Å². The van der Waals surface area contributed by atoms with E-state index in [0.717, 1.165) is 5.56 Å². The number of aromatic amines is 1. The van der Waals surface area contributed by atoms with Crippen LogP contribution in [0.25, 0.3) is 11.1 Å². The van der Waals surface area contributed by atoms with Crippen molar-refractivity contribution >= 4 is 17.0 Å². The molecule has 1 amide bonds. The Morgan fingerprint density at radius 2 is 2.22 bits per heavy atom. The molecule has 5 heteroatoms. The molecule has 0 saturated carbocycles. The highest BCUT2D eigenvalue weighted by atomic mass is 16.4. The number of rotatable bonds is 4. The average molecular weight is 248 g/mol. The largest absolute Gasteiger partial charge is 0.417 e. The van der Waals surface area contributed by atoms with Crippen LogP contribution in [0.1, 0.15) is 25.8 Å². The predicted octanol–water partition coefficient (Wildman–Crippen LogP) is 1.78. The van der Waals surface area contributed by atoms with Gasteiger partial charge in [0.05, 0.1) is 5.52 Å². The average Bonchev–Trinajstić information content (AvgIpc) is 2.64. The lowest BCUT2D eigenvalue weighted by atomic mass is 10.1. The Morgan fingerprint density at radius 3 is 2.94 bits per heavy atom. The van der Waals surface area contributed by atoms with Crippen LogP contribution in [0.2, 0.25) is 0 Å². The second kappa shape index (κ2) is 5.08. The summed E-state index contributed by atoms with van der Waals surface area (Å²) in [7, 11) is 0. The van der Waals surface area contributed by atoms with Crippen LogP contribution in [0, 0.1) is 5.92 Å². The first-order valence-corrected chi connectivity index (χ1v) is 5.93. The highest BCUT2D eigenvalue weighted by Crippen LogP contribution is 2.12. The number of nitrogens with one attached hydrogen (secondary N) is 2. The minimum absolute atomic E-state index is 0.0284. The van der Waals surface area contributed by atoms with Crippen molar-refractivity contribution in [3.05, 3.63) is 34.3 Å². The number of aromatic nitrogens is 1. The molecule has 1 aromatic carbocycles. The summed E-state index contributed by atoms with van der Waals surface area (Å²) in [6.45, 7) is 4.44. The minimum atomic E-state index is -0.467. The van der Waals surface area contributed by atoms with E-state index in [1.165, 1.54) is 0 Å². The van der Waals surface area contributed by atoms with Crippen molar-refractivity contribution in [2.24, 2.45) is 5.92 Å². The topological polar surface area (TPSA) is 75.1 Å². The third kappa shape index (κ3) is 3.00. The zero-order chi connectivity index (χ0) is 13.1. The molecule has 2 N–H and O–H groups in total. The standard InChI is InChI=1S/C13H16N2O3/c1-8(2)5-12(16)14-7-9-3-4-10-11(6-9)18-13(17)15-10/h3-4,6,8H,5,7H2,1-2H3,(H,14,16)(H,15,17). The number of amides is 1. The van der Waals surface area contributed by atoms with Gasteiger partial charge in [-0.2, -0.15) is 0 Å². The molecule has 0 spiro atoms. The van der Waals surface area contributed by atoms with Crippen molar-refractivity contribution in [1.82, 2.24) is 10.3 Å². The highest BCUT2D eigenvalue weighted by molar-refractivity contribution is 5.76. The lowest BCUT2D eigenvalue weighted by Gasteiger charge is -2.06. The van der Waals surface area contributed by atoms with Gasteiger partial charge in [0, 0.05) is 13.0 Å². The molecule has 0 unspecified atom stereocenters. The normalized spacial score (nSPS) is 11.1. The minimum Gasteiger partial charge on any atom is -0.408 e. The third-order valence-corrected chi connectivity index (χ3v) is 2.57. The van der Waals surface area contributed by atoms with Crippen molar-refractivity contribution in [1.29, 1.82) is 0 Å². The summed E-state index contributed by atoms with van der Waals surface area (Å²) in [5.41, 5.74) is 2.08. The van der Waals surface area contributed by atoms with Crippen molar-refractivity contribution in [2.75, 3.05) is 0 Å². The monoisotopic (exact) mass is 248 g/mol. The maximum atomic E-state index is 11.5. The molecule has 0 aliphatic carbocycles. The van der Waals surface area contributed by atoms with Crippen LogP contribution in [-0.2, 0) is 11.3 Å².